The monoisotopic (exact) mass is 553 g/mol. The molecule has 11 nitrogen and oxygen atoms in total. The molecule has 2 N–H and O–H groups in total. The van der Waals surface area contributed by atoms with Crippen LogP contribution in [-0.4, -0.2) is 37.3 Å². The molecule has 0 saturated heterocycles. The van der Waals surface area contributed by atoms with Crippen molar-refractivity contribution in [2.75, 3.05) is 11.1 Å². The number of fused-ring (bicyclic) bond motifs is 1. The number of amides is 2. The number of hydrogen-bond donors (Lipinski definition) is 2. The maximum atomic E-state index is 12.9. The molecule has 1 aromatic carbocycles. The first-order chi connectivity index (χ1) is 18.2. The third-order valence-corrected chi connectivity index (χ3v) is 8.52. The highest BCUT2D eigenvalue weighted by Gasteiger charge is 2.26. The number of aromatic nitrogens is 3. The molecule has 38 heavy (non-hydrogen) atoms. The van der Waals surface area contributed by atoms with Crippen molar-refractivity contribution in [2.45, 2.75) is 50.7 Å². The summed E-state index contributed by atoms with van der Waals surface area (Å²) in [6.45, 7) is 3.83. The lowest BCUT2D eigenvalue weighted by atomic mass is 9.96. The van der Waals surface area contributed by atoms with Gasteiger partial charge in [0.1, 0.15) is 11.1 Å². The summed E-state index contributed by atoms with van der Waals surface area (Å²) in [5.41, 5.74) is 1.64. The molecule has 2 amide bonds. The second kappa shape index (κ2) is 11.7. The van der Waals surface area contributed by atoms with E-state index in [1.807, 2.05) is 13.8 Å². The number of aryl methyl sites for hydroxylation is 1. The van der Waals surface area contributed by atoms with Gasteiger partial charge in [-0.2, -0.15) is 5.26 Å². The lowest BCUT2D eigenvalue weighted by molar-refractivity contribution is -0.384. The summed E-state index contributed by atoms with van der Waals surface area (Å²) >= 11 is 2.69. The number of benzene rings is 1. The van der Waals surface area contributed by atoms with Gasteiger partial charge in [0.2, 0.25) is 5.91 Å². The fourth-order valence-electron chi connectivity index (χ4n) is 4.30. The number of carbonyl (C=O) groups excluding carboxylic acids is 2. The minimum atomic E-state index is -0.549. The van der Waals surface area contributed by atoms with E-state index in [-0.39, 0.29) is 28.8 Å². The van der Waals surface area contributed by atoms with Crippen LogP contribution < -0.4 is 10.6 Å². The quantitative estimate of drug-likeness (QED) is 0.224. The van der Waals surface area contributed by atoms with Crippen molar-refractivity contribution < 1.29 is 14.5 Å². The van der Waals surface area contributed by atoms with E-state index in [0.29, 0.717) is 21.5 Å². The molecular formula is C25H27N7O4S2. The zero-order valence-electron chi connectivity index (χ0n) is 21.2. The topological polar surface area (TPSA) is 156 Å². The van der Waals surface area contributed by atoms with Crippen molar-refractivity contribution in [1.82, 2.24) is 20.1 Å². The van der Waals surface area contributed by atoms with Crippen LogP contribution in [0.5, 0.6) is 0 Å². The highest BCUT2D eigenvalue weighted by Crippen LogP contribution is 2.37. The van der Waals surface area contributed by atoms with Crippen molar-refractivity contribution >= 4 is 45.6 Å². The highest BCUT2D eigenvalue weighted by atomic mass is 32.2. The van der Waals surface area contributed by atoms with Gasteiger partial charge in [-0.3, -0.25) is 19.7 Å². The van der Waals surface area contributed by atoms with E-state index in [0.717, 1.165) is 31.2 Å². The molecule has 0 unspecified atom stereocenters. The molecular weight excluding hydrogens is 526 g/mol. The first kappa shape index (κ1) is 27.3. The van der Waals surface area contributed by atoms with Crippen molar-refractivity contribution in [3.63, 3.8) is 0 Å². The van der Waals surface area contributed by atoms with E-state index in [1.54, 1.807) is 11.6 Å². The average Bonchev–Trinajstić information content (AvgIpc) is 3.44. The Bertz CT molecular complexity index is 1420. The second-order valence-electron chi connectivity index (χ2n) is 9.27. The van der Waals surface area contributed by atoms with Gasteiger partial charge < -0.3 is 15.2 Å². The van der Waals surface area contributed by atoms with Gasteiger partial charge in [-0.05, 0) is 43.2 Å². The standard InChI is InChI=1S/C25H27N7O4S2/c1-14(2)21(28-23(34)15-7-6-8-16(11-15)32(35)36)22-29-30-25(31(22)3)37-13-20(33)27-24-18(12-26)17-9-4-5-10-19(17)38-24/h6-8,11,14,21H,4-5,9-10,13H2,1-3H3,(H,27,33)(H,28,34)/t21-/m0/s1. The fourth-order valence-corrected chi connectivity index (χ4v) is 6.28. The highest BCUT2D eigenvalue weighted by molar-refractivity contribution is 7.99. The minimum absolute atomic E-state index is 0.0593. The molecule has 4 rings (SSSR count). The molecule has 3 aromatic rings. The summed E-state index contributed by atoms with van der Waals surface area (Å²) in [5.74, 6) is -0.188. The van der Waals surface area contributed by atoms with Crippen molar-refractivity contribution in [2.24, 2.45) is 13.0 Å². The molecule has 0 bridgehead atoms. The van der Waals surface area contributed by atoms with E-state index in [4.69, 9.17) is 0 Å². The Balaban J connectivity index is 1.43. The van der Waals surface area contributed by atoms with E-state index in [9.17, 15) is 25.0 Å². The van der Waals surface area contributed by atoms with Gasteiger partial charge in [-0.1, -0.05) is 31.7 Å². The van der Waals surface area contributed by atoms with E-state index >= 15 is 0 Å². The Morgan fingerprint density at radius 2 is 2.05 bits per heavy atom. The number of rotatable bonds is 9. The van der Waals surface area contributed by atoms with Gasteiger partial charge in [-0.15, -0.1) is 21.5 Å². The van der Waals surface area contributed by atoms with E-state index in [2.05, 4.69) is 26.9 Å². The van der Waals surface area contributed by atoms with Crippen molar-refractivity contribution in [3.05, 3.63) is 61.8 Å². The number of nitrogens with one attached hydrogen (secondary N) is 2. The molecule has 0 saturated carbocycles. The van der Waals surface area contributed by atoms with Gasteiger partial charge in [0, 0.05) is 29.6 Å². The van der Waals surface area contributed by atoms with Crippen LogP contribution in [-0.2, 0) is 24.7 Å². The molecule has 2 heterocycles. The number of carbonyl (C=O) groups is 2. The molecule has 0 spiro atoms. The number of non-ortho nitro benzene ring substituents is 1. The molecule has 1 aliphatic rings. The summed E-state index contributed by atoms with van der Waals surface area (Å²) in [7, 11) is 1.76. The largest absolute Gasteiger partial charge is 0.342 e. The minimum Gasteiger partial charge on any atom is -0.342 e. The molecule has 1 atom stereocenters. The summed E-state index contributed by atoms with van der Waals surface area (Å²) in [5, 5.41) is 36.0. The van der Waals surface area contributed by atoms with Crippen LogP contribution in [0.3, 0.4) is 0 Å². The number of thiophene rings is 1. The van der Waals surface area contributed by atoms with Crippen LogP contribution in [0.1, 0.15) is 64.9 Å². The second-order valence-corrected chi connectivity index (χ2v) is 11.3. The molecule has 13 heteroatoms. The number of nitro groups is 1. The number of nitrogens with zero attached hydrogens (tertiary/aromatic N) is 5. The predicted molar refractivity (Wildman–Crippen MR) is 144 cm³/mol. The maximum Gasteiger partial charge on any atom is 0.270 e. The van der Waals surface area contributed by atoms with E-state index < -0.39 is 16.9 Å². The first-order valence-electron chi connectivity index (χ1n) is 12.1. The Morgan fingerprint density at radius 1 is 1.29 bits per heavy atom. The smallest absolute Gasteiger partial charge is 0.270 e. The van der Waals surface area contributed by atoms with Gasteiger partial charge in [-0.25, -0.2) is 0 Å². The lowest BCUT2D eigenvalue weighted by Crippen LogP contribution is -2.33. The van der Waals surface area contributed by atoms with Crippen LogP contribution in [0.15, 0.2) is 29.4 Å². The number of thioether (sulfide) groups is 1. The fraction of sp³-hybridized carbons (Fsp3) is 0.400. The molecule has 0 radical (unpaired) electrons. The Morgan fingerprint density at radius 3 is 2.76 bits per heavy atom. The molecule has 198 valence electrons. The van der Waals surface area contributed by atoms with Gasteiger partial charge in [0.15, 0.2) is 11.0 Å². The van der Waals surface area contributed by atoms with Crippen LogP contribution in [0.2, 0.25) is 0 Å². The van der Waals surface area contributed by atoms with Gasteiger partial charge >= 0.3 is 0 Å². The number of anilines is 1. The number of nitro benzene ring substituents is 1. The number of hydrogen-bond acceptors (Lipinski definition) is 9. The summed E-state index contributed by atoms with van der Waals surface area (Å²) < 4.78 is 1.72. The molecule has 0 aliphatic heterocycles. The Hall–Kier alpha value is -3.76. The molecule has 2 aromatic heterocycles. The van der Waals surface area contributed by atoms with Crippen LogP contribution in [0.25, 0.3) is 0 Å². The SMILES string of the molecule is CC(C)[C@H](NC(=O)c1cccc([N+](=O)[O-])c1)c1nnc(SCC(=O)Nc2sc3c(c2C#N)CCCC3)n1C. The van der Waals surface area contributed by atoms with Crippen LogP contribution >= 0.6 is 23.1 Å². The van der Waals surface area contributed by atoms with Crippen LogP contribution in [0, 0.1) is 27.4 Å². The average molecular weight is 554 g/mol. The number of nitriles is 1. The summed E-state index contributed by atoms with van der Waals surface area (Å²) in [6.07, 6.45) is 3.96. The Labute approximate surface area is 227 Å². The van der Waals surface area contributed by atoms with Crippen LogP contribution in [0.4, 0.5) is 10.7 Å². The zero-order valence-corrected chi connectivity index (χ0v) is 22.8. The normalized spacial score (nSPS) is 13.4. The Kier molecular flexibility index (Phi) is 8.43. The van der Waals surface area contributed by atoms with E-state index in [1.165, 1.54) is 52.2 Å². The van der Waals surface area contributed by atoms with Gasteiger partial charge in [0.25, 0.3) is 11.6 Å². The summed E-state index contributed by atoms with van der Waals surface area (Å²) in [4.78, 5) is 37.3. The lowest BCUT2D eigenvalue weighted by Gasteiger charge is -2.21. The van der Waals surface area contributed by atoms with Gasteiger partial charge in [0.05, 0.1) is 22.3 Å². The summed E-state index contributed by atoms with van der Waals surface area (Å²) in [6, 6.07) is 7.26. The maximum absolute atomic E-state index is 12.9. The third-order valence-electron chi connectivity index (χ3n) is 6.29. The predicted octanol–water partition coefficient (Wildman–Crippen LogP) is 4.39. The molecule has 1 aliphatic carbocycles. The van der Waals surface area contributed by atoms with Crippen molar-refractivity contribution in [1.29, 1.82) is 5.26 Å². The first-order valence-corrected chi connectivity index (χ1v) is 13.9. The zero-order chi connectivity index (χ0) is 27.4. The molecule has 0 fully saturated rings. The third kappa shape index (κ3) is 5.87. The van der Waals surface area contributed by atoms with Crippen molar-refractivity contribution in [3.8, 4) is 6.07 Å².